The maximum absolute atomic E-state index is 12.1. The Bertz CT molecular complexity index is 774. The van der Waals surface area contributed by atoms with Gasteiger partial charge in [-0.15, -0.1) is 11.3 Å². The number of thiophene rings is 1. The van der Waals surface area contributed by atoms with E-state index in [-0.39, 0.29) is 20.5 Å². The van der Waals surface area contributed by atoms with Crippen LogP contribution in [-0.4, -0.2) is 14.3 Å². The number of carbonyl (C=O) groups excluding carboxylic acids is 1. The average molecular weight is 396 g/mol. The first-order valence-electron chi connectivity index (χ1n) is 5.17. The van der Waals surface area contributed by atoms with E-state index in [9.17, 15) is 13.2 Å². The molecule has 1 aromatic carbocycles. The van der Waals surface area contributed by atoms with Gasteiger partial charge < -0.3 is 5.73 Å². The first kappa shape index (κ1) is 15.3. The van der Waals surface area contributed by atoms with Crippen LogP contribution in [-0.2, 0) is 10.0 Å². The minimum absolute atomic E-state index is 0.0548. The van der Waals surface area contributed by atoms with Crippen LogP contribution in [0.3, 0.4) is 0 Å². The van der Waals surface area contributed by atoms with Crippen molar-refractivity contribution in [1.82, 2.24) is 0 Å². The van der Waals surface area contributed by atoms with Gasteiger partial charge in [-0.2, -0.15) is 0 Å². The summed E-state index contributed by atoms with van der Waals surface area (Å²) in [6, 6.07) is 7.27. The summed E-state index contributed by atoms with van der Waals surface area (Å²) < 4.78 is 27.4. The largest absolute Gasteiger partial charge is 0.366 e. The Kier molecular flexibility index (Phi) is 4.38. The van der Waals surface area contributed by atoms with Crippen molar-refractivity contribution in [2.75, 3.05) is 4.72 Å². The normalized spacial score (nSPS) is 11.3. The summed E-state index contributed by atoms with van der Waals surface area (Å²) in [6.45, 7) is 0. The van der Waals surface area contributed by atoms with Gasteiger partial charge in [0, 0.05) is 5.69 Å². The molecule has 2 aromatic rings. The predicted molar refractivity (Wildman–Crippen MR) is 82.8 cm³/mol. The van der Waals surface area contributed by atoms with Crippen LogP contribution in [0.15, 0.2) is 38.3 Å². The standard InChI is InChI=1S/C11H8BrClN2O3S2/c12-9-3-4-10(19-9)20(17,18)15-6-1-2-8(13)7(5-6)11(14)16/h1-5,15H,(H2,14,16). The molecule has 0 bridgehead atoms. The Hall–Kier alpha value is -1.09. The summed E-state index contributed by atoms with van der Waals surface area (Å²) in [6.07, 6.45) is 0. The van der Waals surface area contributed by atoms with Crippen molar-refractivity contribution in [3.63, 3.8) is 0 Å². The molecule has 3 N–H and O–H groups in total. The van der Waals surface area contributed by atoms with Crippen LogP contribution in [0, 0.1) is 0 Å². The van der Waals surface area contributed by atoms with Crippen LogP contribution in [0.2, 0.25) is 5.02 Å². The van der Waals surface area contributed by atoms with Crippen molar-refractivity contribution in [2.45, 2.75) is 4.21 Å². The van der Waals surface area contributed by atoms with E-state index >= 15 is 0 Å². The molecule has 1 heterocycles. The lowest BCUT2D eigenvalue weighted by atomic mass is 10.2. The van der Waals surface area contributed by atoms with Gasteiger partial charge in [-0.05, 0) is 46.3 Å². The lowest BCUT2D eigenvalue weighted by molar-refractivity contribution is 0.100. The SMILES string of the molecule is NC(=O)c1cc(NS(=O)(=O)c2ccc(Br)s2)ccc1Cl. The third-order valence-electron chi connectivity index (χ3n) is 2.30. The van der Waals surface area contributed by atoms with Crippen LogP contribution < -0.4 is 10.5 Å². The summed E-state index contributed by atoms with van der Waals surface area (Å²) in [4.78, 5) is 11.2. The number of anilines is 1. The fraction of sp³-hybridized carbons (Fsp3) is 0. The van der Waals surface area contributed by atoms with E-state index in [4.69, 9.17) is 17.3 Å². The number of hydrogen-bond acceptors (Lipinski definition) is 4. The first-order valence-corrected chi connectivity index (χ1v) is 8.64. The van der Waals surface area contributed by atoms with Crippen molar-refractivity contribution < 1.29 is 13.2 Å². The molecule has 0 saturated carbocycles. The minimum Gasteiger partial charge on any atom is -0.366 e. The number of primary amides is 1. The van der Waals surface area contributed by atoms with Gasteiger partial charge in [0.2, 0.25) is 5.91 Å². The second kappa shape index (κ2) is 5.72. The van der Waals surface area contributed by atoms with Gasteiger partial charge in [-0.1, -0.05) is 11.6 Å². The maximum Gasteiger partial charge on any atom is 0.271 e. The molecule has 9 heteroatoms. The zero-order chi connectivity index (χ0) is 14.9. The minimum atomic E-state index is -3.70. The molecule has 5 nitrogen and oxygen atoms in total. The number of carbonyl (C=O) groups is 1. The summed E-state index contributed by atoms with van der Waals surface area (Å²) >= 11 is 10.1. The van der Waals surface area contributed by atoms with Gasteiger partial charge in [0.05, 0.1) is 14.4 Å². The lowest BCUT2D eigenvalue weighted by Gasteiger charge is -2.08. The van der Waals surface area contributed by atoms with Crippen LogP contribution >= 0.6 is 38.9 Å². The summed E-state index contributed by atoms with van der Waals surface area (Å²) in [5, 5.41) is 0.166. The monoisotopic (exact) mass is 394 g/mol. The van der Waals surface area contributed by atoms with Crippen LogP contribution in [0.1, 0.15) is 10.4 Å². The zero-order valence-corrected chi connectivity index (χ0v) is 13.7. The highest BCUT2D eigenvalue weighted by atomic mass is 79.9. The molecular formula is C11H8BrClN2O3S2. The number of amides is 1. The van der Waals surface area contributed by atoms with Crippen molar-refractivity contribution in [1.29, 1.82) is 0 Å². The Labute approximate surface area is 132 Å². The van der Waals surface area contributed by atoms with E-state index in [0.717, 1.165) is 11.3 Å². The molecule has 0 aliphatic carbocycles. The van der Waals surface area contributed by atoms with E-state index in [1.54, 1.807) is 6.07 Å². The average Bonchev–Trinajstić information content (AvgIpc) is 2.78. The number of benzene rings is 1. The van der Waals surface area contributed by atoms with Crippen LogP contribution in [0.25, 0.3) is 0 Å². The Morgan fingerprint density at radius 2 is 2.00 bits per heavy atom. The third kappa shape index (κ3) is 3.32. The molecule has 20 heavy (non-hydrogen) atoms. The van der Waals surface area contributed by atoms with Gasteiger partial charge in [0.1, 0.15) is 4.21 Å². The first-order chi connectivity index (χ1) is 9.29. The topological polar surface area (TPSA) is 89.3 Å². The quantitative estimate of drug-likeness (QED) is 0.833. The lowest BCUT2D eigenvalue weighted by Crippen LogP contribution is -2.14. The highest BCUT2D eigenvalue weighted by Gasteiger charge is 2.17. The molecule has 0 saturated heterocycles. The number of hydrogen-bond donors (Lipinski definition) is 2. The molecule has 0 unspecified atom stereocenters. The number of rotatable bonds is 4. The van der Waals surface area contributed by atoms with E-state index in [1.807, 2.05) is 0 Å². The zero-order valence-electron chi connectivity index (χ0n) is 9.76. The van der Waals surface area contributed by atoms with Crippen LogP contribution in [0.5, 0.6) is 0 Å². The molecule has 0 aliphatic heterocycles. The summed E-state index contributed by atoms with van der Waals surface area (Å²) in [7, 11) is -3.70. The van der Waals surface area contributed by atoms with Crippen molar-refractivity contribution >= 4 is 60.5 Å². The van der Waals surface area contributed by atoms with Gasteiger partial charge >= 0.3 is 0 Å². The molecule has 0 fully saturated rings. The highest BCUT2D eigenvalue weighted by molar-refractivity contribution is 9.11. The van der Waals surface area contributed by atoms with Gasteiger partial charge in [0.15, 0.2) is 0 Å². The molecule has 0 radical (unpaired) electrons. The molecule has 1 amide bonds. The van der Waals surface area contributed by atoms with E-state index in [2.05, 4.69) is 20.7 Å². The number of halogens is 2. The second-order valence-electron chi connectivity index (χ2n) is 3.72. The fourth-order valence-electron chi connectivity index (χ4n) is 1.43. The van der Waals surface area contributed by atoms with E-state index in [0.29, 0.717) is 3.79 Å². The van der Waals surface area contributed by atoms with Crippen molar-refractivity contribution in [3.05, 3.63) is 44.7 Å². The molecule has 2 rings (SSSR count). The summed E-state index contributed by atoms with van der Waals surface area (Å²) in [5.41, 5.74) is 5.43. The molecule has 1 aromatic heterocycles. The molecule has 0 spiro atoms. The van der Waals surface area contributed by atoms with Crippen molar-refractivity contribution in [2.24, 2.45) is 5.73 Å². The Morgan fingerprint density at radius 3 is 2.55 bits per heavy atom. The van der Waals surface area contributed by atoms with Crippen molar-refractivity contribution in [3.8, 4) is 0 Å². The summed E-state index contributed by atoms with van der Waals surface area (Å²) in [5.74, 6) is -0.727. The molecule has 106 valence electrons. The number of nitrogens with two attached hydrogens (primary N) is 1. The predicted octanol–water partition coefficient (Wildman–Crippen LogP) is 3.06. The maximum atomic E-state index is 12.1. The van der Waals surface area contributed by atoms with Crippen LogP contribution in [0.4, 0.5) is 5.69 Å². The van der Waals surface area contributed by atoms with Gasteiger partial charge in [-0.3, -0.25) is 9.52 Å². The highest BCUT2D eigenvalue weighted by Crippen LogP contribution is 2.28. The molecule has 0 atom stereocenters. The van der Waals surface area contributed by atoms with Gasteiger partial charge in [0.25, 0.3) is 10.0 Å². The number of nitrogens with one attached hydrogen (secondary N) is 1. The third-order valence-corrected chi connectivity index (χ3v) is 6.12. The molecular weight excluding hydrogens is 388 g/mol. The second-order valence-corrected chi connectivity index (χ2v) is 8.50. The Balaban J connectivity index is 2.35. The van der Waals surface area contributed by atoms with E-state index < -0.39 is 15.9 Å². The fourth-order valence-corrected chi connectivity index (χ4v) is 4.70. The van der Waals surface area contributed by atoms with E-state index in [1.165, 1.54) is 24.3 Å². The van der Waals surface area contributed by atoms with Gasteiger partial charge in [-0.25, -0.2) is 8.42 Å². The molecule has 0 aliphatic rings. The Morgan fingerprint density at radius 1 is 1.30 bits per heavy atom. The number of sulfonamides is 1. The smallest absolute Gasteiger partial charge is 0.271 e.